The number of anilines is 1. The highest BCUT2D eigenvalue weighted by atomic mass is 32.1. The molecule has 0 bridgehead atoms. The number of ether oxygens (including phenoxy) is 1. The van der Waals surface area contributed by atoms with E-state index < -0.39 is 5.97 Å². The molecule has 0 radical (unpaired) electrons. The van der Waals surface area contributed by atoms with Crippen LogP contribution in [-0.4, -0.2) is 24.0 Å². The van der Waals surface area contributed by atoms with Crippen molar-refractivity contribution in [2.75, 3.05) is 12.4 Å². The number of amides is 1. The quantitative estimate of drug-likeness (QED) is 0.715. The van der Waals surface area contributed by atoms with Gasteiger partial charge < -0.3 is 9.15 Å². The lowest BCUT2D eigenvalue weighted by atomic mass is 10.1. The molecule has 1 aromatic carbocycles. The van der Waals surface area contributed by atoms with Gasteiger partial charge in [-0.2, -0.15) is 0 Å². The molecule has 1 saturated carbocycles. The van der Waals surface area contributed by atoms with Gasteiger partial charge in [-0.25, -0.2) is 9.78 Å². The first kappa shape index (κ1) is 15.8. The number of esters is 1. The molecule has 3 aromatic rings. The molecule has 4 rings (SSSR count). The van der Waals surface area contributed by atoms with E-state index in [2.05, 4.69) is 10.3 Å². The number of thiazole rings is 1. The molecule has 7 heteroatoms. The Hall–Kier alpha value is -2.67. The van der Waals surface area contributed by atoms with Crippen molar-refractivity contribution in [2.45, 2.75) is 19.8 Å². The summed E-state index contributed by atoms with van der Waals surface area (Å²) >= 11 is 1.44. The lowest BCUT2D eigenvalue weighted by molar-refractivity contribution is -0.117. The van der Waals surface area contributed by atoms with Crippen LogP contribution in [-0.2, 0) is 9.53 Å². The number of benzene rings is 1. The zero-order chi connectivity index (χ0) is 17.6. The Kier molecular flexibility index (Phi) is 3.80. The number of hydrogen-bond donors (Lipinski definition) is 1. The van der Waals surface area contributed by atoms with Gasteiger partial charge in [0.15, 0.2) is 0 Å². The van der Waals surface area contributed by atoms with E-state index in [-0.39, 0.29) is 17.7 Å². The zero-order valence-electron chi connectivity index (χ0n) is 13.8. The number of nitrogens with zero attached hydrogens (tertiary/aromatic N) is 1. The average Bonchev–Trinajstić information content (AvgIpc) is 3.29. The van der Waals surface area contributed by atoms with Crippen molar-refractivity contribution in [3.8, 4) is 10.6 Å². The molecular weight excluding hydrogens is 340 g/mol. The second-order valence-electron chi connectivity index (χ2n) is 5.98. The molecule has 0 aliphatic heterocycles. The Bertz CT molecular complexity index is 951. The lowest BCUT2D eigenvalue weighted by Crippen LogP contribution is -2.13. The monoisotopic (exact) mass is 356 g/mol. The molecule has 1 N–H and O–H groups in total. The van der Waals surface area contributed by atoms with Gasteiger partial charge >= 0.3 is 5.97 Å². The molecule has 128 valence electrons. The van der Waals surface area contributed by atoms with E-state index in [1.165, 1.54) is 18.4 Å². The minimum atomic E-state index is -0.512. The van der Waals surface area contributed by atoms with Crippen LogP contribution in [0, 0.1) is 12.8 Å². The van der Waals surface area contributed by atoms with Gasteiger partial charge in [-0.15, -0.1) is 11.3 Å². The first-order chi connectivity index (χ1) is 12.1. The van der Waals surface area contributed by atoms with Crippen molar-refractivity contribution in [3.05, 3.63) is 35.6 Å². The van der Waals surface area contributed by atoms with Gasteiger partial charge in [0.1, 0.15) is 16.3 Å². The molecule has 0 spiro atoms. The van der Waals surface area contributed by atoms with E-state index in [1.807, 2.05) is 24.3 Å². The number of para-hydroxylation sites is 1. The summed E-state index contributed by atoms with van der Waals surface area (Å²) in [5.74, 6) is 0.0752. The fourth-order valence-corrected chi connectivity index (χ4v) is 3.74. The van der Waals surface area contributed by atoms with Gasteiger partial charge in [-0.3, -0.25) is 10.1 Å². The first-order valence-corrected chi connectivity index (χ1v) is 8.78. The topological polar surface area (TPSA) is 81.4 Å². The summed E-state index contributed by atoms with van der Waals surface area (Å²) in [4.78, 5) is 29.1. The molecule has 25 heavy (non-hydrogen) atoms. The van der Waals surface area contributed by atoms with Crippen molar-refractivity contribution >= 4 is 39.3 Å². The van der Waals surface area contributed by atoms with Crippen LogP contribution in [0.15, 0.2) is 28.7 Å². The number of carbonyl (C=O) groups excluding carboxylic acids is 2. The number of aromatic nitrogens is 1. The highest BCUT2D eigenvalue weighted by Crippen LogP contribution is 2.41. The number of carbonyl (C=O) groups is 2. The Morgan fingerprint density at radius 1 is 1.32 bits per heavy atom. The third kappa shape index (κ3) is 2.80. The maximum absolute atomic E-state index is 12.3. The third-order valence-electron chi connectivity index (χ3n) is 4.17. The Morgan fingerprint density at radius 2 is 2.08 bits per heavy atom. The van der Waals surface area contributed by atoms with E-state index in [4.69, 9.17) is 9.15 Å². The fraction of sp³-hybridized carbons (Fsp3) is 0.278. The smallest absolute Gasteiger partial charge is 0.342 e. The number of fused-ring (bicyclic) bond motifs is 1. The molecule has 6 nitrogen and oxygen atoms in total. The summed E-state index contributed by atoms with van der Waals surface area (Å²) < 4.78 is 11.6. The molecule has 1 aliphatic carbocycles. The van der Waals surface area contributed by atoms with Crippen LogP contribution >= 0.6 is 11.3 Å². The molecule has 2 heterocycles. The van der Waals surface area contributed by atoms with Gasteiger partial charge in [0.25, 0.3) is 0 Å². The number of hydrogen-bond acceptors (Lipinski definition) is 6. The molecule has 2 aromatic heterocycles. The van der Waals surface area contributed by atoms with Crippen molar-refractivity contribution in [3.63, 3.8) is 0 Å². The zero-order valence-corrected chi connectivity index (χ0v) is 14.6. The second kappa shape index (κ2) is 6.00. The van der Waals surface area contributed by atoms with E-state index in [1.54, 1.807) is 6.92 Å². The predicted molar refractivity (Wildman–Crippen MR) is 94.8 cm³/mol. The van der Waals surface area contributed by atoms with E-state index >= 15 is 0 Å². The van der Waals surface area contributed by atoms with Crippen LogP contribution in [0.25, 0.3) is 20.8 Å². The number of aryl methyl sites for hydroxylation is 1. The van der Waals surface area contributed by atoms with E-state index in [9.17, 15) is 9.59 Å². The SMILES string of the molecule is COC(=O)c1c(C)oc(NC(=O)C2CC2)c1-c1nc2ccccc2s1. The van der Waals surface area contributed by atoms with Crippen LogP contribution in [0.2, 0.25) is 0 Å². The summed E-state index contributed by atoms with van der Waals surface area (Å²) in [6.45, 7) is 1.68. The average molecular weight is 356 g/mol. The molecule has 1 aliphatic rings. The fourth-order valence-electron chi connectivity index (χ4n) is 2.72. The molecule has 1 amide bonds. The Labute approximate surface area is 147 Å². The van der Waals surface area contributed by atoms with Crippen LogP contribution < -0.4 is 5.32 Å². The van der Waals surface area contributed by atoms with Crippen LogP contribution in [0.1, 0.15) is 29.0 Å². The van der Waals surface area contributed by atoms with Gasteiger partial charge in [0, 0.05) is 5.92 Å². The van der Waals surface area contributed by atoms with E-state index in [0.717, 1.165) is 23.1 Å². The van der Waals surface area contributed by atoms with Gasteiger partial charge in [0.2, 0.25) is 11.8 Å². The van der Waals surface area contributed by atoms with Gasteiger partial charge in [0.05, 0.1) is 22.9 Å². The highest BCUT2D eigenvalue weighted by molar-refractivity contribution is 7.21. The number of furan rings is 1. The summed E-state index contributed by atoms with van der Waals surface area (Å²) in [5.41, 5.74) is 1.61. The van der Waals surface area contributed by atoms with Crippen molar-refractivity contribution in [1.82, 2.24) is 4.98 Å². The molecule has 0 saturated heterocycles. The van der Waals surface area contributed by atoms with Crippen molar-refractivity contribution < 1.29 is 18.7 Å². The minimum absolute atomic E-state index is 0.0233. The van der Waals surface area contributed by atoms with Gasteiger partial charge in [-0.1, -0.05) is 12.1 Å². The minimum Gasteiger partial charge on any atom is -0.465 e. The molecule has 1 fully saturated rings. The summed E-state index contributed by atoms with van der Waals surface area (Å²) in [5, 5.41) is 3.42. The highest BCUT2D eigenvalue weighted by Gasteiger charge is 2.33. The Balaban J connectivity index is 1.87. The second-order valence-corrected chi connectivity index (χ2v) is 7.01. The normalized spacial score (nSPS) is 13.8. The summed E-state index contributed by atoms with van der Waals surface area (Å²) in [7, 11) is 1.32. The van der Waals surface area contributed by atoms with Crippen LogP contribution in [0.4, 0.5) is 5.88 Å². The van der Waals surface area contributed by atoms with Gasteiger partial charge in [-0.05, 0) is 31.9 Å². The summed E-state index contributed by atoms with van der Waals surface area (Å²) in [6, 6.07) is 7.71. The molecule has 0 unspecified atom stereocenters. The van der Waals surface area contributed by atoms with Crippen LogP contribution in [0.3, 0.4) is 0 Å². The largest absolute Gasteiger partial charge is 0.465 e. The number of nitrogens with one attached hydrogen (secondary N) is 1. The molecular formula is C18H16N2O4S. The van der Waals surface area contributed by atoms with E-state index in [0.29, 0.717) is 21.9 Å². The predicted octanol–water partition coefficient (Wildman–Crippen LogP) is 4.00. The van der Waals surface area contributed by atoms with Crippen LogP contribution in [0.5, 0.6) is 0 Å². The number of methoxy groups -OCH3 is 1. The lowest BCUT2D eigenvalue weighted by Gasteiger charge is -2.04. The first-order valence-electron chi connectivity index (χ1n) is 7.97. The van der Waals surface area contributed by atoms with Crippen molar-refractivity contribution in [2.24, 2.45) is 5.92 Å². The molecule has 0 atom stereocenters. The summed E-state index contributed by atoms with van der Waals surface area (Å²) in [6.07, 6.45) is 1.76. The maximum Gasteiger partial charge on any atom is 0.342 e. The maximum atomic E-state index is 12.3. The third-order valence-corrected chi connectivity index (χ3v) is 5.22. The standard InChI is InChI=1S/C18H16N2O4S/c1-9-13(18(22)23-2)14(16(24-9)20-15(21)10-7-8-10)17-19-11-5-3-4-6-12(11)25-17/h3-6,10H,7-8H2,1-2H3,(H,20,21). The van der Waals surface area contributed by atoms with Crippen molar-refractivity contribution in [1.29, 1.82) is 0 Å². The Morgan fingerprint density at radius 3 is 2.76 bits per heavy atom. The number of rotatable bonds is 4.